The molecule has 2 heterocycles. The van der Waals surface area contributed by atoms with Gasteiger partial charge in [0, 0.05) is 6.42 Å². The highest BCUT2D eigenvalue weighted by Crippen LogP contribution is 2.21. The summed E-state index contributed by atoms with van der Waals surface area (Å²) >= 11 is 0. The van der Waals surface area contributed by atoms with E-state index in [-0.39, 0.29) is 11.7 Å². The Morgan fingerprint density at radius 3 is 3.00 bits per heavy atom. The first kappa shape index (κ1) is 11.5. The third-order valence-electron chi connectivity index (χ3n) is 2.80. The lowest BCUT2D eigenvalue weighted by Gasteiger charge is -2.24. The van der Waals surface area contributed by atoms with Gasteiger partial charge in [-0.1, -0.05) is 6.07 Å². The van der Waals surface area contributed by atoms with E-state index in [4.69, 9.17) is 16.6 Å². The third kappa shape index (κ3) is 2.11. The fourth-order valence-electron chi connectivity index (χ4n) is 1.94. The summed E-state index contributed by atoms with van der Waals surface area (Å²) in [4.78, 5) is 5.40. The summed E-state index contributed by atoms with van der Waals surface area (Å²) in [7, 11) is 0. The summed E-state index contributed by atoms with van der Waals surface area (Å²) in [6.07, 6.45) is 1.07. The molecule has 0 bridgehead atoms. The van der Waals surface area contributed by atoms with Crippen LogP contribution >= 0.6 is 0 Å². The largest absolute Gasteiger partial charge is 0.384 e. The molecule has 0 radical (unpaired) electrons. The van der Waals surface area contributed by atoms with Crippen LogP contribution in [0.4, 0.5) is 10.2 Å². The van der Waals surface area contributed by atoms with Crippen molar-refractivity contribution in [3.63, 3.8) is 0 Å². The van der Waals surface area contributed by atoms with Crippen molar-refractivity contribution >= 4 is 17.5 Å². The number of alkyl halides is 1. The van der Waals surface area contributed by atoms with Gasteiger partial charge in [0.05, 0.1) is 6.04 Å². The molecule has 1 unspecified atom stereocenters. The molecule has 6 heteroatoms. The number of rotatable bonds is 2. The topological polar surface area (TPSA) is 89.9 Å². The van der Waals surface area contributed by atoms with Crippen LogP contribution in [0.15, 0.2) is 18.2 Å². The lowest BCUT2D eigenvalue weighted by atomic mass is 10.2. The molecule has 5 nitrogen and oxygen atoms in total. The van der Waals surface area contributed by atoms with E-state index < -0.39 is 12.7 Å². The minimum atomic E-state index is -0.562. The molecule has 17 heavy (non-hydrogen) atoms. The molecule has 0 amide bonds. The number of pyridine rings is 1. The number of aromatic nitrogens is 1. The van der Waals surface area contributed by atoms with Gasteiger partial charge in [-0.2, -0.15) is 0 Å². The number of nitrogens with two attached hydrogens (primary N) is 1. The number of halogens is 1. The monoisotopic (exact) mass is 235 g/mol. The van der Waals surface area contributed by atoms with E-state index in [1.807, 2.05) is 0 Å². The molecule has 1 atom stereocenters. The lowest BCUT2D eigenvalue weighted by molar-refractivity contribution is 0.341. The predicted molar refractivity (Wildman–Crippen MR) is 64.0 cm³/mol. The fourth-order valence-corrected chi connectivity index (χ4v) is 1.94. The number of hydrogen-bond donors (Lipinski definition) is 3. The van der Waals surface area contributed by atoms with Crippen LogP contribution in [-0.4, -0.2) is 34.3 Å². The van der Waals surface area contributed by atoms with Gasteiger partial charge >= 0.3 is 0 Å². The van der Waals surface area contributed by atoms with Gasteiger partial charge < -0.3 is 10.6 Å². The maximum atomic E-state index is 12.8. The molecule has 2 rings (SSSR count). The molecule has 1 aliphatic heterocycles. The molecule has 1 aromatic rings. The Balaban J connectivity index is 2.27. The van der Waals surface area contributed by atoms with E-state index in [0.717, 1.165) is 0 Å². The smallest absolute Gasteiger partial charge is 0.152 e. The summed E-state index contributed by atoms with van der Waals surface area (Å²) in [6.45, 7) is -0.562. The second-order valence-electron chi connectivity index (χ2n) is 3.96. The average Bonchev–Trinajstić information content (AvgIpc) is 2.69. The highest BCUT2D eigenvalue weighted by atomic mass is 19.1. The minimum absolute atomic E-state index is 0.0439. The molecular weight excluding hydrogens is 221 g/mol. The van der Waals surface area contributed by atoms with Crippen LogP contribution in [-0.2, 0) is 0 Å². The van der Waals surface area contributed by atoms with Gasteiger partial charge in [0.2, 0.25) is 0 Å². The van der Waals surface area contributed by atoms with Gasteiger partial charge in [0.1, 0.15) is 24.0 Å². The van der Waals surface area contributed by atoms with Crippen LogP contribution in [0, 0.1) is 10.8 Å². The Morgan fingerprint density at radius 2 is 2.35 bits per heavy atom. The average molecular weight is 235 g/mol. The summed E-state index contributed by atoms with van der Waals surface area (Å²) in [6, 6.07) is 4.53. The number of likely N-dealkylation sites (tertiary alicyclic amines) is 1. The summed E-state index contributed by atoms with van der Waals surface area (Å²) < 4.78 is 12.8. The first-order valence-corrected chi connectivity index (χ1v) is 5.37. The van der Waals surface area contributed by atoms with Crippen molar-refractivity contribution in [3.8, 4) is 0 Å². The van der Waals surface area contributed by atoms with Gasteiger partial charge in [-0.3, -0.25) is 10.8 Å². The Bertz CT molecular complexity index is 459. The van der Waals surface area contributed by atoms with Crippen LogP contribution in [0.1, 0.15) is 18.5 Å². The Kier molecular flexibility index (Phi) is 3.03. The molecule has 0 aromatic carbocycles. The normalized spacial score (nSPS) is 19.7. The van der Waals surface area contributed by atoms with Crippen molar-refractivity contribution < 1.29 is 4.39 Å². The number of nitrogen functional groups attached to an aromatic ring is 1. The van der Waals surface area contributed by atoms with E-state index in [9.17, 15) is 4.39 Å². The maximum Gasteiger partial charge on any atom is 0.152 e. The third-order valence-corrected chi connectivity index (χ3v) is 2.80. The minimum Gasteiger partial charge on any atom is -0.384 e. The van der Waals surface area contributed by atoms with Crippen LogP contribution in [0.25, 0.3) is 0 Å². The Labute approximate surface area is 98.5 Å². The van der Waals surface area contributed by atoms with Crippen molar-refractivity contribution in [2.24, 2.45) is 0 Å². The van der Waals surface area contributed by atoms with E-state index >= 15 is 0 Å². The van der Waals surface area contributed by atoms with Gasteiger partial charge in [0.15, 0.2) is 5.84 Å². The summed E-state index contributed by atoms with van der Waals surface area (Å²) in [5.41, 5.74) is 5.91. The van der Waals surface area contributed by atoms with Crippen LogP contribution < -0.4 is 5.73 Å². The molecule has 4 N–H and O–H groups in total. The van der Waals surface area contributed by atoms with Gasteiger partial charge in [0.25, 0.3) is 0 Å². The molecule has 1 fully saturated rings. The molecule has 0 aliphatic carbocycles. The standard InChI is InChI=1S/C11H14FN5/c12-6-7-4-5-10(14)17(7)11(15)8-2-1-3-9(13)16-8/h1-3,7,14-15H,4-6H2,(H2,13,16). The van der Waals surface area contributed by atoms with Crippen LogP contribution in [0.5, 0.6) is 0 Å². The molecule has 1 saturated heterocycles. The van der Waals surface area contributed by atoms with E-state index in [2.05, 4.69) is 4.98 Å². The second-order valence-corrected chi connectivity index (χ2v) is 3.96. The zero-order chi connectivity index (χ0) is 12.4. The number of nitrogens with one attached hydrogen (secondary N) is 2. The van der Waals surface area contributed by atoms with Crippen LogP contribution in [0.2, 0.25) is 0 Å². The predicted octanol–water partition coefficient (Wildman–Crippen LogP) is 1.40. The SMILES string of the molecule is N=C1CCC(CF)N1C(=N)c1cccc(N)n1. The zero-order valence-corrected chi connectivity index (χ0v) is 9.28. The first-order chi connectivity index (χ1) is 8.13. The highest BCUT2D eigenvalue weighted by Gasteiger charge is 2.32. The van der Waals surface area contributed by atoms with Gasteiger partial charge in [-0.05, 0) is 18.6 Å². The fraction of sp³-hybridized carbons (Fsp3) is 0.364. The Hall–Kier alpha value is -1.98. The molecule has 0 spiro atoms. The number of amidine groups is 2. The van der Waals surface area contributed by atoms with Crippen molar-refractivity contribution in [1.29, 1.82) is 10.8 Å². The molecular formula is C11H14FN5. The lowest BCUT2D eigenvalue weighted by Crippen LogP contribution is -2.40. The second kappa shape index (κ2) is 4.48. The summed E-state index contributed by atoms with van der Waals surface area (Å²) in [5.74, 6) is 0.624. The van der Waals surface area contributed by atoms with Crippen molar-refractivity contribution in [3.05, 3.63) is 23.9 Å². The quantitative estimate of drug-likeness (QED) is 0.534. The molecule has 1 aliphatic rings. The van der Waals surface area contributed by atoms with Crippen molar-refractivity contribution in [2.75, 3.05) is 12.4 Å². The highest BCUT2D eigenvalue weighted by molar-refractivity contribution is 6.07. The van der Waals surface area contributed by atoms with E-state index in [1.54, 1.807) is 18.2 Å². The zero-order valence-electron chi connectivity index (χ0n) is 9.28. The first-order valence-electron chi connectivity index (χ1n) is 5.37. The van der Waals surface area contributed by atoms with E-state index in [0.29, 0.717) is 24.4 Å². The van der Waals surface area contributed by atoms with Crippen molar-refractivity contribution in [2.45, 2.75) is 18.9 Å². The summed E-state index contributed by atoms with van der Waals surface area (Å²) in [5, 5.41) is 15.7. The van der Waals surface area contributed by atoms with E-state index in [1.165, 1.54) is 4.90 Å². The Morgan fingerprint density at radius 1 is 1.59 bits per heavy atom. The van der Waals surface area contributed by atoms with Crippen molar-refractivity contribution in [1.82, 2.24) is 9.88 Å². The van der Waals surface area contributed by atoms with Gasteiger partial charge in [-0.15, -0.1) is 0 Å². The number of hydrogen-bond acceptors (Lipinski definition) is 4. The number of nitrogens with zero attached hydrogens (tertiary/aromatic N) is 2. The number of anilines is 1. The molecule has 1 aromatic heterocycles. The maximum absolute atomic E-state index is 12.8. The molecule has 90 valence electrons. The van der Waals surface area contributed by atoms with Crippen LogP contribution in [0.3, 0.4) is 0 Å². The van der Waals surface area contributed by atoms with Gasteiger partial charge in [-0.25, -0.2) is 9.37 Å². The molecule has 0 saturated carbocycles.